The van der Waals surface area contributed by atoms with E-state index in [0.29, 0.717) is 5.30 Å². The monoisotopic (exact) mass is 274 g/mol. The largest absolute Gasteiger partial charge is 0.503 e. The first-order valence-corrected chi connectivity index (χ1v) is 7.47. The van der Waals surface area contributed by atoms with Crippen molar-refractivity contribution in [2.45, 2.75) is 0 Å². The molecule has 0 fully saturated rings. The second-order valence-corrected chi connectivity index (χ2v) is 6.43. The van der Waals surface area contributed by atoms with Gasteiger partial charge in [0.25, 0.3) is 7.37 Å². The zero-order valence-corrected chi connectivity index (χ0v) is 11.5. The van der Waals surface area contributed by atoms with Crippen LogP contribution in [0.1, 0.15) is 5.56 Å². The van der Waals surface area contributed by atoms with Crippen LogP contribution in [0.3, 0.4) is 0 Å². The summed E-state index contributed by atoms with van der Waals surface area (Å²) in [5.74, 6) is 0. The van der Waals surface area contributed by atoms with Crippen molar-refractivity contribution in [3.05, 3.63) is 71.7 Å². The molecule has 0 bridgehead atoms. The minimum Gasteiger partial charge on any atom is -0.503 e. The van der Waals surface area contributed by atoms with Crippen LogP contribution in [-0.4, -0.2) is 12.2 Å². The molecule has 0 saturated heterocycles. The Labute approximate surface area is 112 Å². The lowest BCUT2D eigenvalue weighted by Crippen LogP contribution is -2.07. The van der Waals surface area contributed by atoms with Crippen LogP contribution >= 0.6 is 7.37 Å². The third-order valence-corrected chi connectivity index (χ3v) is 4.97. The smallest absolute Gasteiger partial charge is 0.294 e. The first-order valence-electron chi connectivity index (χ1n) is 5.84. The minimum atomic E-state index is -3.39. The lowest BCUT2D eigenvalue weighted by molar-refractivity contribution is 0.371. The molecular weight excluding hydrogens is 259 g/mol. The molecule has 0 heterocycles. The molecule has 2 aromatic carbocycles. The van der Waals surface area contributed by atoms with Crippen LogP contribution in [0, 0.1) is 0 Å². The van der Waals surface area contributed by atoms with E-state index in [4.69, 9.17) is 4.52 Å². The van der Waals surface area contributed by atoms with Gasteiger partial charge < -0.3 is 9.63 Å². The third kappa shape index (κ3) is 2.95. The summed E-state index contributed by atoms with van der Waals surface area (Å²) >= 11 is 0. The van der Waals surface area contributed by atoms with Crippen molar-refractivity contribution in [2.24, 2.45) is 0 Å². The molecule has 0 aliphatic rings. The van der Waals surface area contributed by atoms with Crippen molar-refractivity contribution in [3.63, 3.8) is 0 Å². The molecule has 3 nitrogen and oxygen atoms in total. The highest BCUT2D eigenvalue weighted by molar-refractivity contribution is 7.70. The van der Waals surface area contributed by atoms with Crippen LogP contribution in [0.15, 0.2) is 66.2 Å². The Morgan fingerprint density at radius 2 is 1.58 bits per heavy atom. The highest BCUT2D eigenvalue weighted by atomic mass is 31.2. The molecule has 0 spiro atoms. The SMILES string of the molecule is COP(=O)(/C(O)=C/c1ccccc1)c1ccccc1. The van der Waals surface area contributed by atoms with Crippen molar-refractivity contribution in [2.75, 3.05) is 7.11 Å². The van der Waals surface area contributed by atoms with Gasteiger partial charge in [-0.1, -0.05) is 48.5 Å². The van der Waals surface area contributed by atoms with Gasteiger partial charge >= 0.3 is 0 Å². The van der Waals surface area contributed by atoms with Gasteiger partial charge in [-0.15, -0.1) is 0 Å². The van der Waals surface area contributed by atoms with Crippen LogP contribution in [0.25, 0.3) is 6.08 Å². The summed E-state index contributed by atoms with van der Waals surface area (Å²) in [5, 5.41) is 10.6. The van der Waals surface area contributed by atoms with Crippen LogP contribution in [0.2, 0.25) is 0 Å². The van der Waals surface area contributed by atoms with E-state index in [0.717, 1.165) is 5.56 Å². The zero-order chi connectivity index (χ0) is 13.7. The normalized spacial score (nSPS) is 14.9. The van der Waals surface area contributed by atoms with Gasteiger partial charge in [-0.2, -0.15) is 0 Å². The highest BCUT2D eigenvalue weighted by Gasteiger charge is 2.29. The number of hydrogen-bond acceptors (Lipinski definition) is 3. The average Bonchev–Trinajstić information content (AvgIpc) is 2.48. The molecule has 0 aliphatic heterocycles. The molecule has 98 valence electrons. The Hall–Kier alpha value is -1.83. The van der Waals surface area contributed by atoms with E-state index in [1.54, 1.807) is 24.3 Å². The van der Waals surface area contributed by atoms with Gasteiger partial charge in [0.15, 0.2) is 5.50 Å². The quantitative estimate of drug-likeness (QED) is 0.681. The lowest BCUT2D eigenvalue weighted by atomic mass is 10.2. The van der Waals surface area contributed by atoms with Gasteiger partial charge in [-0.25, -0.2) is 0 Å². The van der Waals surface area contributed by atoms with Gasteiger partial charge in [0.1, 0.15) is 0 Å². The van der Waals surface area contributed by atoms with E-state index in [2.05, 4.69) is 0 Å². The zero-order valence-electron chi connectivity index (χ0n) is 10.6. The van der Waals surface area contributed by atoms with Crippen molar-refractivity contribution in [1.29, 1.82) is 0 Å². The maximum Gasteiger partial charge on any atom is 0.294 e. The number of aliphatic hydroxyl groups excluding tert-OH is 1. The summed E-state index contributed by atoms with van der Waals surface area (Å²) in [4.78, 5) is 0. The summed E-state index contributed by atoms with van der Waals surface area (Å²) in [6.07, 6.45) is 1.47. The van der Waals surface area contributed by atoms with Gasteiger partial charge in [0.2, 0.25) is 0 Å². The number of aliphatic hydroxyl groups is 1. The van der Waals surface area contributed by atoms with E-state index in [1.165, 1.54) is 13.2 Å². The molecule has 0 aliphatic carbocycles. The molecule has 1 N–H and O–H groups in total. The van der Waals surface area contributed by atoms with E-state index < -0.39 is 7.37 Å². The standard InChI is InChI=1S/C15H15O3P/c1-18-19(17,14-10-6-3-7-11-14)15(16)12-13-8-4-2-5-9-13/h2-12,16H,1H3/b15-12+. The summed E-state index contributed by atoms with van der Waals surface area (Å²) in [6, 6.07) is 17.9. The minimum absolute atomic E-state index is 0.257. The Bertz CT molecular complexity index is 606. The fourth-order valence-corrected chi connectivity index (χ4v) is 3.28. The molecule has 2 aromatic rings. The maximum atomic E-state index is 12.7. The number of benzene rings is 2. The van der Waals surface area contributed by atoms with E-state index in [-0.39, 0.29) is 5.50 Å². The Kier molecular flexibility index (Phi) is 4.20. The average molecular weight is 274 g/mol. The van der Waals surface area contributed by atoms with E-state index >= 15 is 0 Å². The molecule has 0 amide bonds. The van der Waals surface area contributed by atoms with Crippen molar-refractivity contribution in [3.8, 4) is 0 Å². The topological polar surface area (TPSA) is 46.5 Å². The Balaban J connectivity index is 2.43. The Morgan fingerprint density at radius 3 is 2.11 bits per heavy atom. The van der Waals surface area contributed by atoms with E-state index in [1.807, 2.05) is 36.4 Å². The second kappa shape index (κ2) is 5.87. The van der Waals surface area contributed by atoms with Gasteiger partial charge in [0, 0.05) is 12.4 Å². The van der Waals surface area contributed by atoms with Gasteiger partial charge in [0.05, 0.1) is 0 Å². The molecular formula is C15H15O3P. The predicted octanol–water partition coefficient (Wildman–Crippen LogP) is 3.79. The summed E-state index contributed by atoms with van der Waals surface area (Å²) in [5.41, 5.74) is 0.514. The summed E-state index contributed by atoms with van der Waals surface area (Å²) in [7, 11) is -2.06. The van der Waals surface area contributed by atoms with Crippen molar-refractivity contribution >= 4 is 18.7 Å². The fourth-order valence-electron chi connectivity index (χ4n) is 1.74. The van der Waals surface area contributed by atoms with Crippen LogP contribution in [-0.2, 0) is 9.09 Å². The number of rotatable bonds is 4. The van der Waals surface area contributed by atoms with Crippen LogP contribution in [0.5, 0.6) is 0 Å². The summed E-state index contributed by atoms with van der Waals surface area (Å²) < 4.78 is 17.8. The predicted molar refractivity (Wildman–Crippen MR) is 77.7 cm³/mol. The van der Waals surface area contributed by atoms with Gasteiger partial charge in [-0.05, 0) is 23.8 Å². The molecule has 0 saturated carbocycles. The van der Waals surface area contributed by atoms with Crippen LogP contribution < -0.4 is 5.30 Å². The van der Waals surface area contributed by atoms with Crippen molar-refractivity contribution in [1.82, 2.24) is 0 Å². The molecule has 4 heteroatoms. The molecule has 0 radical (unpaired) electrons. The number of hydrogen-bond donors (Lipinski definition) is 1. The molecule has 0 aromatic heterocycles. The van der Waals surface area contributed by atoms with E-state index in [9.17, 15) is 9.67 Å². The third-order valence-electron chi connectivity index (χ3n) is 2.75. The highest BCUT2D eigenvalue weighted by Crippen LogP contribution is 2.52. The summed E-state index contributed by atoms with van der Waals surface area (Å²) in [6.45, 7) is 0. The lowest BCUT2D eigenvalue weighted by Gasteiger charge is -2.15. The molecule has 1 atom stereocenters. The van der Waals surface area contributed by atoms with Gasteiger partial charge in [-0.3, -0.25) is 4.57 Å². The maximum absolute atomic E-state index is 12.7. The van der Waals surface area contributed by atoms with Crippen LogP contribution in [0.4, 0.5) is 0 Å². The Morgan fingerprint density at radius 1 is 1.05 bits per heavy atom. The fraction of sp³-hybridized carbons (Fsp3) is 0.0667. The first-order chi connectivity index (χ1) is 9.16. The molecule has 2 rings (SSSR count). The molecule has 1 unspecified atom stereocenters. The second-order valence-electron chi connectivity index (χ2n) is 3.98. The molecule has 19 heavy (non-hydrogen) atoms. The first kappa shape index (κ1) is 13.6. The van der Waals surface area contributed by atoms with Crippen molar-refractivity contribution < 1.29 is 14.2 Å².